The van der Waals surface area contributed by atoms with E-state index in [0.29, 0.717) is 19.6 Å². The van der Waals surface area contributed by atoms with Gasteiger partial charge in [0.15, 0.2) is 0 Å². The molecule has 3 rings (SSSR count). The van der Waals surface area contributed by atoms with E-state index < -0.39 is 9.84 Å². The van der Waals surface area contributed by atoms with Gasteiger partial charge in [0.25, 0.3) is 0 Å². The molecule has 29 heavy (non-hydrogen) atoms. The number of imidazole rings is 1. The molecule has 1 N–H and O–H groups in total. The Bertz CT molecular complexity index is 1020. The highest BCUT2D eigenvalue weighted by molar-refractivity contribution is 7.91. The van der Waals surface area contributed by atoms with Crippen molar-refractivity contribution >= 4 is 9.84 Å². The fourth-order valence-corrected chi connectivity index (χ4v) is 4.40. The monoisotopic (exact) mass is 415 g/mol. The molecule has 0 aliphatic carbocycles. The quantitative estimate of drug-likeness (QED) is 0.550. The second-order valence-electron chi connectivity index (χ2n) is 7.39. The molecule has 0 unspecified atom stereocenters. The highest BCUT2D eigenvalue weighted by atomic mass is 32.2. The van der Waals surface area contributed by atoms with E-state index in [9.17, 15) is 8.42 Å². The van der Waals surface area contributed by atoms with Gasteiger partial charge in [-0.1, -0.05) is 37.3 Å². The molecule has 7 nitrogen and oxygen atoms in total. The van der Waals surface area contributed by atoms with Crippen LogP contribution in [-0.2, 0) is 35.9 Å². The topological polar surface area (TPSA) is 83.9 Å². The number of sulfone groups is 1. The Balaban J connectivity index is 1.75. The van der Waals surface area contributed by atoms with Crippen LogP contribution in [0, 0.1) is 6.92 Å². The highest BCUT2D eigenvalue weighted by Gasteiger charge is 2.22. The van der Waals surface area contributed by atoms with Gasteiger partial charge < -0.3 is 4.57 Å². The van der Waals surface area contributed by atoms with Crippen LogP contribution in [0.25, 0.3) is 0 Å². The average molecular weight is 416 g/mol. The number of aromatic nitrogens is 4. The molecule has 2 heterocycles. The molecule has 0 saturated heterocycles. The second-order valence-corrected chi connectivity index (χ2v) is 9.56. The number of nitrogens with zero attached hydrogens (tertiary/aromatic N) is 4. The molecule has 0 fully saturated rings. The van der Waals surface area contributed by atoms with Crippen molar-refractivity contribution in [3.8, 4) is 0 Å². The maximum Gasteiger partial charge on any atom is 0.227 e. The standard InChI is InChI=1S/C21H29N5O2S/c1-4-29(27,28)21-22-14-20(16-25(3)15-19-13-17(2)23-24-19)26(21)12-8-11-18-9-6-5-7-10-18/h5-7,9-10,13-14H,4,8,11-12,15-16H2,1-3H3,(H,23,24). The largest absolute Gasteiger partial charge is 0.318 e. The molecule has 3 aromatic rings. The Morgan fingerprint density at radius 3 is 2.59 bits per heavy atom. The molecule has 0 spiro atoms. The van der Waals surface area contributed by atoms with Crippen molar-refractivity contribution < 1.29 is 8.42 Å². The summed E-state index contributed by atoms with van der Waals surface area (Å²) in [6, 6.07) is 12.3. The van der Waals surface area contributed by atoms with Crippen molar-refractivity contribution in [2.24, 2.45) is 0 Å². The van der Waals surface area contributed by atoms with E-state index in [1.807, 2.05) is 42.8 Å². The Labute approximate surface area is 172 Å². The first-order valence-corrected chi connectivity index (χ1v) is 11.5. The Kier molecular flexibility index (Phi) is 6.87. The molecule has 156 valence electrons. The van der Waals surface area contributed by atoms with Crippen molar-refractivity contribution in [1.29, 1.82) is 0 Å². The average Bonchev–Trinajstić information content (AvgIpc) is 3.29. The summed E-state index contributed by atoms with van der Waals surface area (Å²) in [5.74, 6) is 0.0462. The summed E-state index contributed by atoms with van der Waals surface area (Å²) in [5, 5.41) is 7.40. The summed E-state index contributed by atoms with van der Waals surface area (Å²) in [7, 11) is -1.38. The predicted octanol–water partition coefficient (Wildman–Crippen LogP) is 2.97. The summed E-state index contributed by atoms with van der Waals surface area (Å²) in [6.07, 6.45) is 3.44. The SMILES string of the molecule is CCS(=O)(=O)c1ncc(CN(C)Cc2cc(C)[nH]n2)n1CCCc1ccccc1. The summed E-state index contributed by atoms with van der Waals surface area (Å²) in [5.41, 5.74) is 4.14. The zero-order valence-corrected chi connectivity index (χ0v) is 18.1. The Morgan fingerprint density at radius 2 is 1.93 bits per heavy atom. The third-order valence-corrected chi connectivity index (χ3v) is 6.51. The smallest absolute Gasteiger partial charge is 0.227 e. The third-order valence-electron chi connectivity index (χ3n) is 4.87. The van der Waals surface area contributed by atoms with Crippen LogP contribution >= 0.6 is 0 Å². The van der Waals surface area contributed by atoms with Crippen LogP contribution in [-0.4, -0.2) is 45.9 Å². The van der Waals surface area contributed by atoms with Gasteiger partial charge in [-0.2, -0.15) is 5.10 Å². The van der Waals surface area contributed by atoms with Crippen LogP contribution in [0.15, 0.2) is 47.8 Å². The van der Waals surface area contributed by atoms with E-state index in [1.165, 1.54) is 5.56 Å². The molecule has 0 bridgehead atoms. The first-order chi connectivity index (χ1) is 13.9. The van der Waals surface area contributed by atoms with E-state index in [1.54, 1.807) is 13.1 Å². The van der Waals surface area contributed by atoms with Crippen LogP contribution in [0.2, 0.25) is 0 Å². The summed E-state index contributed by atoms with van der Waals surface area (Å²) in [6.45, 7) is 5.53. The zero-order valence-electron chi connectivity index (χ0n) is 17.3. The Morgan fingerprint density at radius 1 is 1.17 bits per heavy atom. The lowest BCUT2D eigenvalue weighted by molar-refractivity contribution is 0.303. The van der Waals surface area contributed by atoms with Crippen molar-refractivity contribution in [2.75, 3.05) is 12.8 Å². The van der Waals surface area contributed by atoms with E-state index in [4.69, 9.17) is 0 Å². The van der Waals surface area contributed by atoms with Gasteiger partial charge in [0.2, 0.25) is 15.0 Å². The lowest BCUT2D eigenvalue weighted by Crippen LogP contribution is -2.21. The van der Waals surface area contributed by atoms with Crippen molar-refractivity contribution in [2.45, 2.75) is 51.5 Å². The fourth-order valence-electron chi connectivity index (χ4n) is 3.39. The zero-order chi connectivity index (χ0) is 20.9. The number of hydrogen-bond acceptors (Lipinski definition) is 5. The van der Waals surface area contributed by atoms with E-state index in [2.05, 4.69) is 32.2 Å². The van der Waals surface area contributed by atoms with Gasteiger partial charge in [0.1, 0.15) is 0 Å². The van der Waals surface area contributed by atoms with Crippen molar-refractivity contribution in [3.63, 3.8) is 0 Å². The summed E-state index contributed by atoms with van der Waals surface area (Å²) in [4.78, 5) is 6.39. The molecule has 0 amide bonds. The van der Waals surface area contributed by atoms with Crippen LogP contribution in [0.4, 0.5) is 0 Å². The fraction of sp³-hybridized carbons (Fsp3) is 0.429. The Hall–Kier alpha value is -2.45. The van der Waals surface area contributed by atoms with Crippen LogP contribution in [0.1, 0.15) is 36.0 Å². The number of aromatic amines is 1. The minimum Gasteiger partial charge on any atom is -0.318 e. The molecule has 8 heteroatoms. The normalized spacial score (nSPS) is 12.0. The second kappa shape index (κ2) is 9.37. The molecule has 2 aromatic heterocycles. The van der Waals surface area contributed by atoms with Crippen LogP contribution in [0.5, 0.6) is 0 Å². The highest BCUT2D eigenvalue weighted by Crippen LogP contribution is 2.17. The van der Waals surface area contributed by atoms with Gasteiger partial charge in [-0.25, -0.2) is 13.4 Å². The number of benzene rings is 1. The molecule has 1 aromatic carbocycles. The van der Waals surface area contributed by atoms with Crippen molar-refractivity contribution in [3.05, 3.63) is 65.2 Å². The molecule has 0 radical (unpaired) electrons. The number of aryl methyl sites for hydroxylation is 2. The van der Waals surface area contributed by atoms with E-state index in [0.717, 1.165) is 29.9 Å². The maximum atomic E-state index is 12.5. The predicted molar refractivity (Wildman–Crippen MR) is 113 cm³/mol. The molecule has 0 aliphatic rings. The van der Waals surface area contributed by atoms with Crippen LogP contribution < -0.4 is 0 Å². The minimum atomic E-state index is -3.38. The first kappa shape index (κ1) is 21.3. The lowest BCUT2D eigenvalue weighted by atomic mass is 10.1. The number of nitrogens with one attached hydrogen (secondary N) is 1. The third kappa shape index (κ3) is 5.55. The van der Waals surface area contributed by atoms with Gasteiger partial charge in [0.05, 0.1) is 23.3 Å². The molecule has 0 saturated carbocycles. The lowest BCUT2D eigenvalue weighted by Gasteiger charge is -2.18. The molecular weight excluding hydrogens is 386 g/mol. The maximum absolute atomic E-state index is 12.5. The van der Waals surface area contributed by atoms with Gasteiger partial charge in [-0.3, -0.25) is 10.00 Å². The number of H-pyrrole nitrogens is 1. The van der Waals surface area contributed by atoms with Gasteiger partial charge >= 0.3 is 0 Å². The summed E-state index contributed by atoms with van der Waals surface area (Å²) >= 11 is 0. The van der Waals surface area contributed by atoms with Crippen LogP contribution in [0.3, 0.4) is 0 Å². The van der Waals surface area contributed by atoms with Gasteiger partial charge in [-0.15, -0.1) is 0 Å². The molecular formula is C21H29N5O2S. The number of rotatable bonds is 10. The molecule has 0 aliphatic heterocycles. The summed E-state index contributed by atoms with van der Waals surface area (Å²) < 4.78 is 26.9. The van der Waals surface area contributed by atoms with Gasteiger partial charge in [0, 0.05) is 25.3 Å². The molecule has 0 atom stereocenters. The number of hydrogen-bond donors (Lipinski definition) is 1. The minimum absolute atomic E-state index is 0.0462. The van der Waals surface area contributed by atoms with Gasteiger partial charge in [-0.05, 0) is 38.4 Å². The van der Waals surface area contributed by atoms with Crippen molar-refractivity contribution in [1.82, 2.24) is 24.6 Å². The van der Waals surface area contributed by atoms with E-state index >= 15 is 0 Å². The first-order valence-electron chi connectivity index (χ1n) is 9.89. The van der Waals surface area contributed by atoms with E-state index in [-0.39, 0.29) is 10.9 Å².